The number of esters is 1. The minimum Gasteiger partial charge on any atom is -0.454 e. The molecule has 7 nitrogen and oxygen atoms in total. The van der Waals surface area contributed by atoms with Gasteiger partial charge in [0, 0.05) is 6.04 Å². The molecule has 0 aliphatic heterocycles. The van der Waals surface area contributed by atoms with E-state index in [-0.39, 0.29) is 11.9 Å². The molecule has 0 radical (unpaired) electrons. The van der Waals surface area contributed by atoms with Gasteiger partial charge in [-0.1, -0.05) is 18.2 Å². The van der Waals surface area contributed by atoms with Gasteiger partial charge in [-0.25, -0.2) is 8.42 Å². The molecule has 1 aliphatic rings. The van der Waals surface area contributed by atoms with E-state index in [0.29, 0.717) is 5.69 Å². The molecule has 126 valence electrons. The molecular weight excluding hydrogens is 320 g/mol. The number of sulfonamides is 1. The largest absolute Gasteiger partial charge is 0.454 e. The first kappa shape index (κ1) is 17.3. The Bertz CT molecular complexity index is 698. The summed E-state index contributed by atoms with van der Waals surface area (Å²) >= 11 is 0. The molecule has 23 heavy (non-hydrogen) atoms. The van der Waals surface area contributed by atoms with E-state index < -0.39 is 29.1 Å². The number of carbonyl (C=O) groups is 2. The van der Waals surface area contributed by atoms with Gasteiger partial charge in [0.05, 0.1) is 11.9 Å². The van der Waals surface area contributed by atoms with E-state index in [1.807, 2.05) is 0 Å². The molecule has 0 spiro atoms. The van der Waals surface area contributed by atoms with E-state index in [2.05, 4.69) is 5.32 Å². The minimum absolute atomic E-state index is 0.181. The number of para-hydroxylation sites is 1. The Morgan fingerprint density at radius 2 is 1.96 bits per heavy atom. The third kappa shape index (κ3) is 5.24. The predicted molar refractivity (Wildman–Crippen MR) is 85.5 cm³/mol. The highest BCUT2D eigenvalue weighted by molar-refractivity contribution is 7.92. The summed E-state index contributed by atoms with van der Waals surface area (Å²) < 4.78 is 29.7. The molecule has 8 heteroatoms. The van der Waals surface area contributed by atoms with Crippen LogP contribution in [-0.2, 0) is 24.3 Å². The Balaban J connectivity index is 1.99. The summed E-state index contributed by atoms with van der Waals surface area (Å²) in [5.74, 6) is -1.15. The van der Waals surface area contributed by atoms with Gasteiger partial charge in [-0.15, -0.1) is 0 Å². The van der Waals surface area contributed by atoms with E-state index in [0.717, 1.165) is 29.0 Å². The van der Waals surface area contributed by atoms with Gasteiger partial charge in [0.15, 0.2) is 6.61 Å². The Hall–Kier alpha value is -2.09. The van der Waals surface area contributed by atoms with Crippen LogP contribution >= 0.6 is 0 Å². The lowest BCUT2D eigenvalue weighted by atomic mass is 10.2. The number of hydrogen-bond donors (Lipinski definition) is 1. The molecule has 0 bridgehead atoms. The third-order valence-corrected chi connectivity index (χ3v) is 4.49. The maximum absolute atomic E-state index is 12.0. The standard InChI is InChI=1S/C15H20N2O5S/c1-11-5-3-4-6-13(11)17(23(2,20)21)9-15(19)22-10-14(18)16-12-7-8-12/h3-6,12H,7-10H2,1-2H3,(H,16,18). The van der Waals surface area contributed by atoms with Crippen molar-refractivity contribution in [3.05, 3.63) is 29.8 Å². The number of amides is 1. The number of nitrogens with zero attached hydrogens (tertiary/aromatic N) is 1. The number of carbonyl (C=O) groups excluding carboxylic acids is 2. The first-order valence-corrected chi connectivity index (χ1v) is 9.10. The highest BCUT2D eigenvalue weighted by Crippen LogP contribution is 2.22. The smallest absolute Gasteiger partial charge is 0.327 e. The number of aryl methyl sites for hydroxylation is 1. The molecule has 1 N–H and O–H groups in total. The number of anilines is 1. The Morgan fingerprint density at radius 1 is 1.30 bits per heavy atom. The molecule has 0 heterocycles. The SMILES string of the molecule is Cc1ccccc1N(CC(=O)OCC(=O)NC1CC1)S(C)(=O)=O. The fraction of sp³-hybridized carbons (Fsp3) is 0.467. The van der Waals surface area contributed by atoms with Crippen LogP contribution in [0, 0.1) is 6.92 Å². The summed E-state index contributed by atoms with van der Waals surface area (Å²) in [6.45, 7) is 0.878. The molecule has 0 saturated heterocycles. The van der Waals surface area contributed by atoms with Gasteiger partial charge in [0.1, 0.15) is 6.54 Å². The molecular formula is C15H20N2O5S. The fourth-order valence-electron chi connectivity index (χ4n) is 2.03. The molecule has 2 rings (SSSR count). The van der Waals surface area contributed by atoms with Crippen LogP contribution in [0.5, 0.6) is 0 Å². The van der Waals surface area contributed by atoms with Crippen LogP contribution < -0.4 is 9.62 Å². The molecule has 1 aromatic rings. The fourth-order valence-corrected chi connectivity index (χ4v) is 2.93. The van der Waals surface area contributed by atoms with Crippen LogP contribution in [0.3, 0.4) is 0 Å². The maximum Gasteiger partial charge on any atom is 0.327 e. The second-order valence-electron chi connectivity index (χ2n) is 5.56. The van der Waals surface area contributed by atoms with Crippen molar-refractivity contribution in [1.29, 1.82) is 0 Å². The Kier molecular flexibility index (Phi) is 5.25. The number of ether oxygens (including phenoxy) is 1. The van der Waals surface area contributed by atoms with Crippen molar-refractivity contribution in [1.82, 2.24) is 5.32 Å². The normalized spacial score (nSPS) is 14.2. The lowest BCUT2D eigenvalue weighted by Crippen LogP contribution is -2.38. The maximum atomic E-state index is 12.0. The predicted octanol–water partition coefficient (Wildman–Crippen LogP) is 0.583. The summed E-state index contributed by atoms with van der Waals surface area (Å²) in [5.41, 5.74) is 1.13. The van der Waals surface area contributed by atoms with Crippen molar-refractivity contribution in [2.75, 3.05) is 23.7 Å². The first-order valence-electron chi connectivity index (χ1n) is 7.25. The van der Waals surface area contributed by atoms with Gasteiger partial charge in [-0.05, 0) is 31.4 Å². The summed E-state index contributed by atoms with van der Waals surface area (Å²) in [4.78, 5) is 23.4. The van der Waals surface area contributed by atoms with Crippen molar-refractivity contribution in [2.24, 2.45) is 0 Å². The van der Waals surface area contributed by atoms with Gasteiger partial charge >= 0.3 is 5.97 Å². The topological polar surface area (TPSA) is 92.8 Å². The van der Waals surface area contributed by atoms with Crippen molar-refractivity contribution < 1.29 is 22.7 Å². The highest BCUT2D eigenvalue weighted by Gasteiger charge is 2.25. The second kappa shape index (κ2) is 6.99. The summed E-state index contributed by atoms with van der Waals surface area (Å²) in [7, 11) is -3.65. The van der Waals surface area contributed by atoms with Crippen LogP contribution in [0.2, 0.25) is 0 Å². The van der Waals surface area contributed by atoms with Gasteiger partial charge < -0.3 is 10.1 Å². The second-order valence-corrected chi connectivity index (χ2v) is 7.47. The first-order chi connectivity index (χ1) is 10.8. The summed E-state index contributed by atoms with van der Waals surface area (Å²) in [5, 5.41) is 2.69. The van der Waals surface area contributed by atoms with Gasteiger partial charge in [0.2, 0.25) is 10.0 Å². The zero-order chi connectivity index (χ0) is 17.0. The van der Waals surface area contributed by atoms with E-state index in [4.69, 9.17) is 4.74 Å². The number of rotatable bonds is 7. The number of benzene rings is 1. The van der Waals surface area contributed by atoms with Gasteiger partial charge in [0.25, 0.3) is 5.91 Å². The van der Waals surface area contributed by atoms with Gasteiger partial charge in [-0.2, -0.15) is 0 Å². The lowest BCUT2D eigenvalue weighted by Gasteiger charge is -2.23. The van der Waals surface area contributed by atoms with Crippen LogP contribution in [0.25, 0.3) is 0 Å². The van der Waals surface area contributed by atoms with E-state index in [1.54, 1.807) is 31.2 Å². The van der Waals surface area contributed by atoms with E-state index in [9.17, 15) is 18.0 Å². The third-order valence-electron chi connectivity index (χ3n) is 3.36. The molecule has 0 unspecified atom stereocenters. The average Bonchev–Trinajstić information content (AvgIpc) is 3.26. The van der Waals surface area contributed by atoms with Crippen molar-refractivity contribution in [3.8, 4) is 0 Å². The van der Waals surface area contributed by atoms with Crippen LogP contribution in [0.1, 0.15) is 18.4 Å². The molecule has 1 fully saturated rings. The van der Waals surface area contributed by atoms with Crippen molar-refractivity contribution >= 4 is 27.6 Å². The van der Waals surface area contributed by atoms with Gasteiger partial charge in [-0.3, -0.25) is 13.9 Å². The number of hydrogen-bond acceptors (Lipinski definition) is 5. The Labute approximate surface area is 135 Å². The highest BCUT2D eigenvalue weighted by atomic mass is 32.2. The summed E-state index contributed by atoms with van der Waals surface area (Å²) in [6.07, 6.45) is 2.90. The molecule has 1 aliphatic carbocycles. The molecule has 1 amide bonds. The van der Waals surface area contributed by atoms with Crippen molar-refractivity contribution in [3.63, 3.8) is 0 Å². The lowest BCUT2D eigenvalue weighted by molar-refractivity contribution is -0.147. The number of nitrogens with one attached hydrogen (secondary N) is 1. The Morgan fingerprint density at radius 3 is 2.52 bits per heavy atom. The quantitative estimate of drug-likeness (QED) is 0.733. The van der Waals surface area contributed by atoms with Crippen LogP contribution in [0.4, 0.5) is 5.69 Å². The van der Waals surface area contributed by atoms with Crippen molar-refractivity contribution in [2.45, 2.75) is 25.8 Å². The molecule has 0 atom stereocenters. The molecule has 0 aromatic heterocycles. The van der Waals surface area contributed by atoms with E-state index in [1.165, 1.54) is 0 Å². The zero-order valence-corrected chi connectivity index (χ0v) is 13.9. The van der Waals surface area contributed by atoms with Crippen LogP contribution in [-0.4, -0.2) is 45.7 Å². The molecule has 1 aromatic carbocycles. The van der Waals surface area contributed by atoms with Crippen LogP contribution in [0.15, 0.2) is 24.3 Å². The average molecular weight is 340 g/mol. The monoisotopic (exact) mass is 340 g/mol. The molecule has 1 saturated carbocycles. The minimum atomic E-state index is -3.65. The zero-order valence-electron chi connectivity index (χ0n) is 13.1. The summed E-state index contributed by atoms with van der Waals surface area (Å²) in [6, 6.07) is 7.01. The van der Waals surface area contributed by atoms with E-state index >= 15 is 0 Å².